The van der Waals surface area contributed by atoms with Gasteiger partial charge in [-0.15, -0.1) is 0 Å². The summed E-state index contributed by atoms with van der Waals surface area (Å²) in [5, 5.41) is 1.24. The first-order valence-electron chi connectivity index (χ1n) is 13.8. The van der Waals surface area contributed by atoms with Gasteiger partial charge in [0, 0.05) is 15.6 Å². The minimum absolute atomic E-state index is 0.182. The number of ether oxygens (including phenoxy) is 1. The van der Waals surface area contributed by atoms with E-state index in [-0.39, 0.29) is 5.56 Å². The Morgan fingerprint density at radius 3 is 2.20 bits per heavy atom. The van der Waals surface area contributed by atoms with Crippen molar-refractivity contribution < 1.29 is 9.53 Å². The molecule has 5 N–H and O–H groups in total. The van der Waals surface area contributed by atoms with Gasteiger partial charge in [0.1, 0.15) is 0 Å². The molecule has 1 aliphatic heterocycles. The summed E-state index contributed by atoms with van der Waals surface area (Å²) in [5.41, 5.74) is 11.4. The van der Waals surface area contributed by atoms with E-state index >= 15 is 0 Å². The molecule has 0 spiro atoms. The maximum atomic E-state index is 12.0. The normalized spacial score (nSPS) is 13.8. The number of aliphatic imine (C=N–C) groups is 1. The fourth-order valence-electron chi connectivity index (χ4n) is 4.54. The fraction of sp³-hybridized carbons (Fsp3) is 0.152. The number of nitrogens with two attached hydrogens (primary N) is 1. The first-order chi connectivity index (χ1) is 21.0. The minimum atomic E-state index is -2.57. The number of nitrogens with one attached hydrogen (secondary N) is 3. The summed E-state index contributed by atoms with van der Waals surface area (Å²) in [4.78, 5) is 17.1. The van der Waals surface area contributed by atoms with Crippen LogP contribution in [0.1, 0.15) is 35.3 Å². The molecule has 1 heterocycles. The Labute approximate surface area is 275 Å². The van der Waals surface area contributed by atoms with Gasteiger partial charge in [0.05, 0.1) is 11.3 Å². The van der Waals surface area contributed by atoms with Crippen molar-refractivity contribution in [1.82, 2.24) is 0 Å². The van der Waals surface area contributed by atoms with Crippen LogP contribution >= 0.6 is 43.0 Å². The number of hydrogen-bond donors (Lipinski definition) is 4. The SMILES string of the molecule is CCI1C=C(c2ccc(Cl)cc2Cl)N=C1Cc1ccc(-c2ccc(Oc3ccc(NS(=N)(=N)CC)c(C(N)=O)c3)cc2)cc1. The molecule has 7 nitrogen and oxygen atoms in total. The molecular weight excluding hydrogens is 728 g/mol. The predicted octanol–water partition coefficient (Wildman–Crippen LogP) is 10.1. The molecule has 0 bridgehead atoms. The molecule has 0 aromatic heterocycles. The van der Waals surface area contributed by atoms with Gasteiger partial charge in [-0.2, -0.15) is 0 Å². The quantitative estimate of drug-likeness (QED) is 0.0899. The summed E-state index contributed by atoms with van der Waals surface area (Å²) in [5.74, 6) is 0.705. The number of anilines is 1. The van der Waals surface area contributed by atoms with E-state index in [1.54, 1.807) is 25.1 Å². The molecule has 0 aliphatic carbocycles. The Hall–Kier alpha value is -3.38. The molecule has 4 aromatic rings. The summed E-state index contributed by atoms with van der Waals surface area (Å²) in [7, 11) is -2.57. The third-order valence-corrected chi connectivity index (χ3v) is 14.1. The number of carbonyl (C=O) groups is 1. The summed E-state index contributed by atoms with van der Waals surface area (Å²) >= 11 is 11.1. The van der Waals surface area contributed by atoms with E-state index in [2.05, 4.69) is 40.0 Å². The summed E-state index contributed by atoms with van der Waals surface area (Å²) in [6.45, 7) is 3.99. The average molecular weight is 761 g/mol. The van der Waals surface area contributed by atoms with Crippen LogP contribution in [0.5, 0.6) is 11.5 Å². The summed E-state index contributed by atoms with van der Waals surface area (Å²) < 4.78 is 29.6. The van der Waals surface area contributed by atoms with Crippen molar-refractivity contribution in [2.45, 2.75) is 20.3 Å². The van der Waals surface area contributed by atoms with E-state index in [0.717, 1.165) is 33.2 Å². The number of rotatable bonds is 11. The van der Waals surface area contributed by atoms with Crippen LogP contribution in [0.25, 0.3) is 16.8 Å². The van der Waals surface area contributed by atoms with Crippen LogP contribution in [0, 0.1) is 9.56 Å². The van der Waals surface area contributed by atoms with E-state index in [0.29, 0.717) is 33.0 Å². The third-order valence-electron chi connectivity index (χ3n) is 6.95. The number of amides is 1. The fourth-order valence-corrected chi connectivity index (χ4v) is 10.1. The van der Waals surface area contributed by atoms with Gasteiger partial charge in [-0.1, -0.05) is 6.92 Å². The first kappa shape index (κ1) is 32.0. The Morgan fingerprint density at radius 2 is 1.59 bits per heavy atom. The molecular formula is C33H32Cl2IN5O2S. The molecule has 1 aliphatic rings. The zero-order chi connectivity index (χ0) is 31.4. The van der Waals surface area contributed by atoms with Crippen molar-refractivity contribution in [2.75, 3.05) is 14.9 Å². The van der Waals surface area contributed by atoms with Crippen LogP contribution in [-0.4, -0.2) is 19.8 Å². The van der Waals surface area contributed by atoms with Gasteiger partial charge in [-0.05, 0) is 18.2 Å². The molecule has 0 radical (unpaired) electrons. The van der Waals surface area contributed by atoms with Crippen molar-refractivity contribution >= 4 is 73.8 Å². The van der Waals surface area contributed by atoms with Gasteiger partial charge in [0.15, 0.2) is 0 Å². The van der Waals surface area contributed by atoms with Crippen molar-refractivity contribution in [3.63, 3.8) is 0 Å². The van der Waals surface area contributed by atoms with Gasteiger partial charge < -0.3 is 10.5 Å². The van der Waals surface area contributed by atoms with Gasteiger partial charge in [0.2, 0.25) is 0 Å². The number of benzene rings is 4. The van der Waals surface area contributed by atoms with Crippen molar-refractivity contribution in [3.8, 4) is 22.6 Å². The summed E-state index contributed by atoms with van der Waals surface area (Å²) in [6.07, 6.45) is 0.822. The van der Waals surface area contributed by atoms with E-state index in [1.165, 1.54) is 15.3 Å². The molecule has 4 aromatic carbocycles. The third kappa shape index (κ3) is 7.63. The van der Waals surface area contributed by atoms with E-state index < -0.39 is 35.5 Å². The van der Waals surface area contributed by atoms with Gasteiger partial charge in [-0.25, -0.2) is 0 Å². The molecule has 228 valence electrons. The molecule has 11 heteroatoms. The van der Waals surface area contributed by atoms with Crippen LogP contribution in [-0.2, 0) is 16.2 Å². The number of hydrogen-bond acceptors (Lipinski definition) is 5. The van der Waals surface area contributed by atoms with Crippen LogP contribution < -0.4 is 15.2 Å². The summed E-state index contributed by atoms with van der Waals surface area (Å²) in [6, 6.07) is 26.7. The second kappa shape index (κ2) is 13.7. The van der Waals surface area contributed by atoms with Gasteiger partial charge in [0.25, 0.3) is 5.91 Å². The molecule has 0 saturated carbocycles. The van der Waals surface area contributed by atoms with Gasteiger partial charge in [-0.3, -0.25) is 14.4 Å². The Morgan fingerprint density at radius 1 is 0.932 bits per heavy atom. The molecule has 0 unspecified atom stereocenters. The van der Waals surface area contributed by atoms with Crippen LogP contribution in [0.3, 0.4) is 0 Å². The maximum absolute atomic E-state index is 12.0. The molecule has 0 saturated heterocycles. The second-order valence-electron chi connectivity index (χ2n) is 9.97. The Kier molecular flexibility index (Phi) is 9.99. The molecule has 5 rings (SSSR count). The van der Waals surface area contributed by atoms with E-state index in [4.69, 9.17) is 48.2 Å². The number of alkyl halides is 1. The van der Waals surface area contributed by atoms with E-state index in [9.17, 15) is 4.79 Å². The van der Waals surface area contributed by atoms with Gasteiger partial charge >= 0.3 is 195 Å². The monoisotopic (exact) mass is 759 g/mol. The average Bonchev–Trinajstić information content (AvgIpc) is 3.40. The second-order valence-corrected chi connectivity index (χ2v) is 18.7. The standard InChI is InChI=1S/C33H32Cl2IN5O2S/c1-3-36-20-31(27-15-11-24(34)18-29(27)35)40-32(36)17-21-5-7-22(8-6-21)23-9-12-25(13-10-23)43-26-14-16-30(28(19-26)33(37)42)41-44(38,39)4-2/h5-16,18-20H,3-4,17H2,1-2H3,(H2,37,42)(H3,38,39,41). The van der Waals surface area contributed by atoms with Crippen LogP contribution in [0.15, 0.2) is 94.0 Å². The molecule has 0 atom stereocenters. The van der Waals surface area contributed by atoms with Crippen molar-refractivity contribution in [1.29, 1.82) is 9.56 Å². The Balaban J connectivity index is 1.26. The molecule has 1 amide bonds. The number of halogens is 3. The molecule has 0 fully saturated rings. The number of primary amides is 1. The molecule has 44 heavy (non-hydrogen) atoms. The predicted molar refractivity (Wildman–Crippen MR) is 194 cm³/mol. The first-order valence-corrected chi connectivity index (χ1v) is 20.2. The van der Waals surface area contributed by atoms with E-state index in [1.807, 2.05) is 36.4 Å². The number of carbonyl (C=O) groups excluding carboxylic acids is 1. The van der Waals surface area contributed by atoms with Crippen molar-refractivity contribution in [2.24, 2.45) is 10.7 Å². The number of nitrogens with zero attached hydrogens (tertiary/aromatic N) is 1. The zero-order valence-corrected chi connectivity index (χ0v) is 28.7. The van der Waals surface area contributed by atoms with Crippen molar-refractivity contribution in [3.05, 3.63) is 116 Å². The Bertz CT molecular complexity index is 1880. The van der Waals surface area contributed by atoms with Crippen LogP contribution in [0.4, 0.5) is 5.69 Å². The topological polar surface area (TPSA) is 124 Å². The zero-order valence-electron chi connectivity index (χ0n) is 24.2. The van der Waals surface area contributed by atoms with Crippen LogP contribution in [0.2, 0.25) is 10.0 Å².